The zero-order chi connectivity index (χ0) is 11.8. The molecule has 0 aliphatic carbocycles. The van der Waals surface area contributed by atoms with E-state index in [9.17, 15) is 0 Å². The first-order valence-electron chi connectivity index (χ1n) is 5.27. The summed E-state index contributed by atoms with van der Waals surface area (Å²) in [4.78, 5) is 0. The van der Waals surface area contributed by atoms with E-state index in [-0.39, 0.29) is 0 Å². The van der Waals surface area contributed by atoms with Gasteiger partial charge in [-0.3, -0.25) is 0 Å². The van der Waals surface area contributed by atoms with Gasteiger partial charge in [0, 0.05) is 15.5 Å². The molecule has 2 aromatic carbocycles. The maximum absolute atomic E-state index is 6.29. The van der Waals surface area contributed by atoms with E-state index in [2.05, 4.69) is 28.1 Å². The summed E-state index contributed by atoms with van der Waals surface area (Å²) in [6.07, 6.45) is 0. The number of fused-ring (bicyclic) bond motifs is 1. The summed E-state index contributed by atoms with van der Waals surface area (Å²) in [6.45, 7) is 0. The lowest BCUT2D eigenvalue weighted by Gasteiger charge is -2.07. The van der Waals surface area contributed by atoms with Crippen molar-refractivity contribution in [3.05, 3.63) is 64.2 Å². The molecular weight excluding hydrogens is 298 g/mol. The average Bonchev–Trinajstić information content (AvgIpc) is 2.66. The second-order valence-corrected chi connectivity index (χ2v) is 5.14. The van der Waals surface area contributed by atoms with Gasteiger partial charge in [-0.1, -0.05) is 45.7 Å². The van der Waals surface area contributed by atoms with E-state index < -0.39 is 0 Å². The fourth-order valence-electron chi connectivity index (χ4n) is 1.97. The molecule has 0 saturated heterocycles. The third-order valence-corrected chi connectivity index (χ3v) is 3.56. The maximum atomic E-state index is 6.29. The van der Waals surface area contributed by atoms with Crippen molar-refractivity contribution in [3.8, 4) is 5.69 Å². The Labute approximate surface area is 113 Å². The molecule has 0 radical (unpaired) electrons. The van der Waals surface area contributed by atoms with Crippen molar-refractivity contribution in [1.29, 1.82) is 0 Å². The standard InChI is InChI=1S/C14H9BrClN/c15-11-5-7-12(8-6-11)17-13-4-2-1-3-10(13)9-14(17)16/h1-9H. The Bertz CT molecular complexity index is 670. The summed E-state index contributed by atoms with van der Waals surface area (Å²) < 4.78 is 3.11. The Balaban J connectivity index is 2.29. The van der Waals surface area contributed by atoms with Crippen LogP contribution in [0.25, 0.3) is 16.6 Å². The molecule has 0 fully saturated rings. The Hall–Kier alpha value is -1.25. The molecule has 0 aliphatic heterocycles. The Kier molecular flexibility index (Phi) is 2.69. The molecular formula is C14H9BrClN. The fraction of sp³-hybridized carbons (Fsp3) is 0. The second kappa shape index (κ2) is 4.21. The van der Waals surface area contributed by atoms with Crippen LogP contribution in [-0.4, -0.2) is 4.57 Å². The molecule has 3 rings (SSSR count). The summed E-state index contributed by atoms with van der Waals surface area (Å²) >= 11 is 9.73. The van der Waals surface area contributed by atoms with Crippen molar-refractivity contribution in [2.24, 2.45) is 0 Å². The van der Waals surface area contributed by atoms with Gasteiger partial charge in [0.25, 0.3) is 0 Å². The van der Waals surface area contributed by atoms with Gasteiger partial charge >= 0.3 is 0 Å². The minimum atomic E-state index is 0.730. The summed E-state index contributed by atoms with van der Waals surface area (Å²) in [6, 6.07) is 18.3. The van der Waals surface area contributed by atoms with Crippen molar-refractivity contribution < 1.29 is 0 Å². The third-order valence-electron chi connectivity index (χ3n) is 2.75. The van der Waals surface area contributed by atoms with Crippen LogP contribution in [0.2, 0.25) is 5.15 Å². The van der Waals surface area contributed by atoms with Crippen molar-refractivity contribution in [1.82, 2.24) is 4.57 Å². The molecule has 0 atom stereocenters. The Morgan fingerprint density at radius 2 is 1.65 bits per heavy atom. The number of hydrogen-bond donors (Lipinski definition) is 0. The van der Waals surface area contributed by atoms with Gasteiger partial charge in [-0.2, -0.15) is 0 Å². The molecule has 0 aliphatic rings. The van der Waals surface area contributed by atoms with E-state index in [0.29, 0.717) is 0 Å². The molecule has 0 amide bonds. The van der Waals surface area contributed by atoms with Crippen LogP contribution in [0.4, 0.5) is 0 Å². The van der Waals surface area contributed by atoms with Crippen LogP contribution in [0, 0.1) is 0 Å². The molecule has 1 nitrogen and oxygen atoms in total. The van der Waals surface area contributed by atoms with Crippen molar-refractivity contribution in [3.63, 3.8) is 0 Å². The van der Waals surface area contributed by atoms with Gasteiger partial charge < -0.3 is 4.57 Å². The molecule has 84 valence electrons. The Morgan fingerprint density at radius 1 is 0.941 bits per heavy atom. The van der Waals surface area contributed by atoms with Gasteiger partial charge in [-0.15, -0.1) is 0 Å². The summed E-state index contributed by atoms with van der Waals surface area (Å²) in [5.74, 6) is 0. The number of rotatable bonds is 1. The van der Waals surface area contributed by atoms with E-state index in [0.717, 1.165) is 26.2 Å². The maximum Gasteiger partial charge on any atom is 0.114 e. The van der Waals surface area contributed by atoms with Gasteiger partial charge in [0.2, 0.25) is 0 Å². The monoisotopic (exact) mass is 305 g/mol. The zero-order valence-corrected chi connectivity index (χ0v) is 11.2. The molecule has 1 aromatic heterocycles. The molecule has 0 saturated carbocycles. The summed E-state index contributed by atoms with van der Waals surface area (Å²) in [5, 5.41) is 1.88. The largest absolute Gasteiger partial charge is 0.300 e. The van der Waals surface area contributed by atoms with Gasteiger partial charge in [0.1, 0.15) is 5.15 Å². The molecule has 0 unspecified atom stereocenters. The molecule has 17 heavy (non-hydrogen) atoms. The third kappa shape index (κ3) is 1.88. The highest BCUT2D eigenvalue weighted by Gasteiger charge is 2.07. The van der Waals surface area contributed by atoms with E-state index >= 15 is 0 Å². The summed E-state index contributed by atoms with van der Waals surface area (Å²) in [7, 11) is 0. The number of para-hydroxylation sites is 1. The first kappa shape index (κ1) is 10.9. The highest BCUT2D eigenvalue weighted by molar-refractivity contribution is 9.10. The zero-order valence-electron chi connectivity index (χ0n) is 8.90. The molecule has 0 spiro atoms. The highest BCUT2D eigenvalue weighted by Crippen LogP contribution is 2.28. The van der Waals surface area contributed by atoms with Crippen molar-refractivity contribution in [2.75, 3.05) is 0 Å². The molecule has 0 N–H and O–H groups in total. The van der Waals surface area contributed by atoms with Crippen LogP contribution in [0.15, 0.2) is 59.1 Å². The smallest absolute Gasteiger partial charge is 0.114 e. The predicted molar refractivity (Wildman–Crippen MR) is 76.0 cm³/mol. The van der Waals surface area contributed by atoms with Crippen LogP contribution in [0.1, 0.15) is 0 Å². The normalized spacial score (nSPS) is 10.9. The van der Waals surface area contributed by atoms with Gasteiger partial charge in [-0.05, 0) is 36.4 Å². The number of hydrogen-bond acceptors (Lipinski definition) is 0. The van der Waals surface area contributed by atoms with Gasteiger partial charge in [0.05, 0.1) is 5.52 Å². The van der Waals surface area contributed by atoms with E-state index in [1.54, 1.807) is 0 Å². The van der Waals surface area contributed by atoms with Crippen LogP contribution in [0.3, 0.4) is 0 Å². The number of benzene rings is 2. The lowest BCUT2D eigenvalue weighted by Crippen LogP contribution is -1.92. The van der Waals surface area contributed by atoms with E-state index in [4.69, 9.17) is 11.6 Å². The second-order valence-electron chi connectivity index (χ2n) is 3.84. The average molecular weight is 307 g/mol. The lowest BCUT2D eigenvalue weighted by molar-refractivity contribution is 1.13. The predicted octanol–water partition coefficient (Wildman–Crippen LogP) is 5.05. The van der Waals surface area contributed by atoms with Crippen molar-refractivity contribution >= 4 is 38.4 Å². The lowest BCUT2D eigenvalue weighted by atomic mass is 10.2. The minimum Gasteiger partial charge on any atom is -0.300 e. The van der Waals surface area contributed by atoms with Crippen LogP contribution in [-0.2, 0) is 0 Å². The van der Waals surface area contributed by atoms with Gasteiger partial charge in [-0.25, -0.2) is 0 Å². The molecule has 3 aromatic rings. The van der Waals surface area contributed by atoms with E-state index in [1.807, 2.05) is 47.0 Å². The van der Waals surface area contributed by atoms with Crippen LogP contribution in [0.5, 0.6) is 0 Å². The first-order chi connectivity index (χ1) is 8.25. The van der Waals surface area contributed by atoms with Crippen LogP contribution < -0.4 is 0 Å². The quantitative estimate of drug-likeness (QED) is 0.593. The minimum absolute atomic E-state index is 0.730. The number of halogens is 2. The van der Waals surface area contributed by atoms with Gasteiger partial charge in [0.15, 0.2) is 0 Å². The fourth-order valence-corrected chi connectivity index (χ4v) is 2.54. The topological polar surface area (TPSA) is 4.93 Å². The molecule has 3 heteroatoms. The number of nitrogens with zero attached hydrogens (tertiary/aromatic N) is 1. The highest BCUT2D eigenvalue weighted by atomic mass is 79.9. The molecule has 0 bridgehead atoms. The molecule has 1 heterocycles. The SMILES string of the molecule is Clc1cc2ccccc2n1-c1ccc(Br)cc1. The Morgan fingerprint density at radius 3 is 2.41 bits per heavy atom. The van der Waals surface area contributed by atoms with E-state index in [1.165, 1.54) is 0 Å². The summed E-state index contributed by atoms with van der Waals surface area (Å²) in [5.41, 5.74) is 2.19. The van der Waals surface area contributed by atoms with Crippen molar-refractivity contribution in [2.45, 2.75) is 0 Å². The first-order valence-corrected chi connectivity index (χ1v) is 6.45. The van der Waals surface area contributed by atoms with Crippen LogP contribution >= 0.6 is 27.5 Å². The number of aromatic nitrogens is 1.